The van der Waals surface area contributed by atoms with Crippen molar-refractivity contribution >= 4 is 23.2 Å². The predicted molar refractivity (Wildman–Crippen MR) is 56.1 cm³/mol. The van der Waals surface area contributed by atoms with E-state index in [9.17, 15) is 9.59 Å². The maximum Gasteiger partial charge on any atom is 0.335 e. The summed E-state index contributed by atoms with van der Waals surface area (Å²) in [5.74, 6) is -0.0637. The van der Waals surface area contributed by atoms with Crippen LogP contribution >= 0.6 is 23.2 Å². The molecule has 0 amide bonds. The zero-order chi connectivity index (χ0) is 11.7. The molecule has 2 rings (SSSR count). The predicted octanol–water partition coefficient (Wildman–Crippen LogP) is 0.0176. The molecule has 0 saturated heterocycles. The minimum Gasteiger partial charge on any atom is -0.274 e. The van der Waals surface area contributed by atoms with Crippen LogP contribution in [0.1, 0.15) is 0 Å². The Labute approximate surface area is 97.7 Å². The van der Waals surface area contributed by atoms with Crippen LogP contribution in [-0.2, 0) is 0 Å². The number of hydrogen-bond acceptors (Lipinski definition) is 5. The average molecular weight is 260 g/mol. The smallest absolute Gasteiger partial charge is 0.274 e. The van der Waals surface area contributed by atoms with E-state index in [0.29, 0.717) is 0 Å². The van der Waals surface area contributed by atoms with Crippen molar-refractivity contribution in [2.45, 2.75) is 0 Å². The number of halogens is 2. The van der Waals surface area contributed by atoms with Gasteiger partial charge in [0.15, 0.2) is 0 Å². The van der Waals surface area contributed by atoms with Crippen LogP contribution in [0.3, 0.4) is 0 Å². The Kier molecular flexibility index (Phi) is 2.71. The fourth-order valence-corrected chi connectivity index (χ4v) is 1.35. The monoisotopic (exact) mass is 259 g/mol. The quantitative estimate of drug-likeness (QED) is 0.779. The molecule has 0 unspecified atom stereocenters. The molecule has 0 bridgehead atoms. The van der Waals surface area contributed by atoms with Gasteiger partial charge in [-0.3, -0.25) is 9.78 Å². The fourth-order valence-electron chi connectivity index (χ4n) is 0.999. The van der Waals surface area contributed by atoms with Crippen LogP contribution in [0.5, 0.6) is 0 Å². The molecule has 0 spiro atoms. The standard InChI is InChI=1S/C7H3Cl2N5O2/c8-4-11-5(9)13-6(12-4)14-2-1-3(15)10-7(14)16/h1-2H,(H,10,15,16). The molecule has 2 heterocycles. The Balaban J connectivity index is 2.67. The van der Waals surface area contributed by atoms with Crippen LogP contribution in [-0.4, -0.2) is 24.5 Å². The highest BCUT2D eigenvalue weighted by Gasteiger charge is 2.07. The molecule has 16 heavy (non-hydrogen) atoms. The third kappa shape index (κ3) is 2.10. The third-order valence-corrected chi connectivity index (χ3v) is 1.95. The summed E-state index contributed by atoms with van der Waals surface area (Å²) >= 11 is 11.1. The van der Waals surface area contributed by atoms with Gasteiger partial charge in [0.25, 0.3) is 5.56 Å². The lowest BCUT2D eigenvalue weighted by Gasteiger charge is -2.01. The molecule has 0 radical (unpaired) electrons. The molecular weight excluding hydrogens is 257 g/mol. The van der Waals surface area contributed by atoms with Crippen molar-refractivity contribution in [2.75, 3.05) is 0 Å². The summed E-state index contributed by atoms with van der Waals surface area (Å²) in [4.78, 5) is 35.2. The fraction of sp³-hybridized carbons (Fsp3) is 0. The number of nitrogens with zero attached hydrogens (tertiary/aromatic N) is 4. The van der Waals surface area contributed by atoms with Crippen LogP contribution in [0.4, 0.5) is 0 Å². The molecule has 1 N–H and O–H groups in total. The number of aromatic amines is 1. The van der Waals surface area contributed by atoms with Crippen LogP contribution in [0, 0.1) is 0 Å². The Morgan fingerprint density at radius 1 is 1.12 bits per heavy atom. The molecule has 0 fully saturated rings. The van der Waals surface area contributed by atoms with E-state index in [0.717, 1.165) is 10.6 Å². The molecule has 7 nitrogen and oxygen atoms in total. The van der Waals surface area contributed by atoms with Gasteiger partial charge < -0.3 is 0 Å². The number of aromatic nitrogens is 5. The van der Waals surface area contributed by atoms with E-state index in [1.165, 1.54) is 6.20 Å². The second-order valence-electron chi connectivity index (χ2n) is 2.65. The van der Waals surface area contributed by atoms with Gasteiger partial charge in [-0.15, -0.1) is 0 Å². The van der Waals surface area contributed by atoms with Gasteiger partial charge in [0.2, 0.25) is 16.5 Å². The summed E-state index contributed by atoms with van der Waals surface area (Å²) in [6, 6.07) is 1.15. The van der Waals surface area contributed by atoms with Crippen LogP contribution < -0.4 is 11.2 Å². The summed E-state index contributed by atoms with van der Waals surface area (Å²) in [5.41, 5.74) is -1.21. The first kappa shape index (κ1) is 10.8. The minimum atomic E-state index is -0.689. The van der Waals surface area contributed by atoms with Gasteiger partial charge in [0, 0.05) is 12.3 Å². The minimum absolute atomic E-state index is 0.0637. The average Bonchev–Trinajstić information content (AvgIpc) is 2.15. The van der Waals surface area contributed by atoms with Crippen molar-refractivity contribution in [3.8, 4) is 5.95 Å². The van der Waals surface area contributed by atoms with Crippen molar-refractivity contribution in [3.05, 3.63) is 43.7 Å². The van der Waals surface area contributed by atoms with Gasteiger partial charge >= 0.3 is 5.69 Å². The number of H-pyrrole nitrogens is 1. The SMILES string of the molecule is O=c1ccn(-c2nc(Cl)nc(Cl)n2)c(=O)[nH]1. The maximum absolute atomic E-state index is 11.4. The lowest BCUT2D eigenvalue weighted by Crippen LogP contribution is -2.28. The molecule has 0 aliphatic carbocycles. The molecule has 82 valence electrons. The van der Waals surface area contributed by atoms with E-state index in [-0.39, 0.29) is 16.5 Å². The van der Waals surface area contributed by atoms with E-state index in [4.69, 9.17) is 23.2 Å². The summed E-state index contributed by atoms with van der Waals surface area (Å²) in [6.45, 7) is 0. The van der Waals surface area contributed by atoms with Gasteiger partial charge in [-0.25, -0.2) is 9.36 Å². The molecule has 0 aromatic carbocycles. The van der Waals surface area contributed by atoms with Crippen LogP contribution in [0.2, 0.25) is 10.6 Å². The maximum atomic E-state index is 11.4. The Bertz CT molecular complexity index is 629. The molecular formula is C7H3Cl2N5O2. The lowest BCUT2D eigenvalue weighted by molar-refractivity contribution is 0.818. The first-order chi connectivity index (χ1) is 7.56. The Morgan fingerprint density at radius 2 is 1.75 bits per heavy atom. The highest BCUT2D eigenvalue weighted by Crippen LogP contribution is 2.07. The first-order valence-electron chi connectivity index (χ1n) is 3.96. The van der Waals surface area contributed by atoms with Crippen molar-refractivity contribution in [2.24, 2.45) is 0 Å². The van der Waals surface area contributed by atoms with Crippen molar-refractivity contribution < 1.29 is 0 Å². The zero-order valence-corrected chi connectivity index (χ0v) is 9.03. The van der Waals surface area contributed by atoms with Crippen molar-refractivity contribution in [3.63, 3.8) is 0 Å². The van der Waals surface area contributed by atoms with E-state index >= 15 is 0 Å². The number of hydrogen-bond donors (Lipinski definition) is 1. The van der Waals surface area contributed by atoms with Gasteiger partial charge in [0.05, 0.1) is 0 Å². The van der Waals surface area contributed by atoms with Crippen LogP contribution in [0.25, 0.3) is 5.95 Å². The van der Waals surface area contributed by atoms with E-state index < -0.39 is 11.2 Å². The first-order valence-corrected chi connectivity index (χ1v) is 4.71. The summed E-state index contributed by atoms with van der Waals surface area (Å²) in [7, 11) is 0. The number of rotatable bonds is 1. The van der Waals surface area contributed by atoms with Crippen LogP contribution in [0.15, 0.2) is 21.9 Å². The summed E-state index contributed by atoms with van der Waals surface area (Å²) in [5, 5.41) is -0.291. The summed E-state index contributed by atoms with van der Waals surface area (Å²) < 4.78 is 0.987. The highest BCUT2D eigenvalue weighted by atomic mass is 35.5. The molecule has 2 aromatic heterocycles. The second-order valence-corrected chi connectivity index (χ2v) is 3.33. The Hall–Kier alpha value is -1.73. The topological polar surface area (TPSA) is 93.5 Å². The van der Waals surface area contributed by atoms with E-state index in [2.05, 4.69) is 15.0 Å². The molecule has 9 heteroatoms. The Morgan fingerprint density at radius 3 is 2.31 bits per heavy atom. The lowest BCUT2D eigenvalue weighted by atomic mass is 10.6. The van der Waals surface area contributed by atoms with Gasteiger partial charge in [-0.2, -0.15) is 15.0 Å². The van der Waals surface area contributed by atoms with Gasteiger partial charge in [-0.1, -0.05) is 0 Å². The summed E-state index contributed by atoms with van der Waals surface area (Å²) in [6.07, 6.45) is 1.21. The van der Waals surface area contributed by atoms with Crippen molar-refractivity contribution in [1.82, 2.24) is 24.5 Å². The molecule has 0 aliphatic heterocycles. The number of nitrogens with one attached hydrogen (secondary N) is 1. The zero-order valence-electron chi connectivity index (χ0n) is 7.52. The second kappa shape index (κ2) is 4.03. The normalized spacial score (nSPS) is 10.4. The van der Waals surface area contributed by atoms with Gasteiger partial charge in [0.1, 0.15) is 0 Å². The highest BCUT2D eigenvalue weighted by molar-refractivity contribution is 6.31. The van der Waals surface area contributed by atoms with E-state index in [1.807, 2.05) is 4.98 Å². The third-order valence-electron chi connectivity index (χ3n) is 1.61. The molecule has 0 aliphatic rings. The van der Waals surface area contributed by atoms with E-state index in [1.54, 1.807) is 0 Å². The van der Waals surface area contributed by atoms with Crippen molar-refractivity contribution in [1.29, 1.82) is 0 Å². The van der Waals surface area contributed by atoms with Gasteiger partial charge in [-0.05, 0) is 23.2 Å². The molecule has 0 saturated carbocycles. The molecule has 0 atom stereocenters. The molecule has 2 aromatic rings. The largest absolute Gasteiger partial charge is 0.335 e.